The highest BCUT2D eigenvalue weighted by Gasteiger charge is 1.99. The Bertz CT molecular complexity index is 252. The molecule has 0 atom stereocenters. The maximum atomic E-state index is 7.25. The Balaban J connectivity index is 2.54. The Hall–Kier alpha value is -1.13. The van der Waals surface area contributed by atoms with Crippen molar-refractivity contribution >= 4 is 5.82 Å². The van der Waals surface area contributed by atoms with Gasteiger partial charge < -0.3 is 10.1 Å². The summed E-state index contributed by atoms with van der Waals surface area (Å²) in [5, 5.41) is 3.11. The number of nitrogens with zero attached hydrogens (tertiary/aromatic N) is 1. The van der Waals surface area contributed by atoms with Crippen molar-refractivity contribution in [3.63, 3.8) is 0 Å². The van der Waals surface area contributed by atoms with Gasteiger partial charge in [0.05, 0.1) is 6.61 Å². The van der Waals surface area contributed by atoms with Crippen LogP contribution in [0.3, 0.4) is 0 Å². The predicted octanol–water partition coefficient (Wildman–Crippen LogP) is 0.923. The minimum Gasteiger partial charge on any atom is -0.383 e. The molecule has 0 aromatic carbocycles. The molecule has 0 fully saturated rings. The average molecular weight is 180 g/mol. The normalized spacial score (nSPS) is 10.0. The van der Waals surface area contributed by atoms with Gasteiger partial charge in [0.25, 0.3) is 0 Å². The Labute approximate surface area is 78.1 Å². The molecule has 4 heteroatoms. The first-order valence-electron chi connectivity index (χ1n) is 4.19. The molecule has 0 saturated carbocycles. The molecule has 1 radical (unpaired) electrons. The van der Waals surface area contributed by atoms with E-state index in [0.29, 0.717) is 6.61 Å². The number of nitrogens with one attached hydrogen (secondary N) is 2. The van der Waals surface area contributed by atoms with Gasteiger partial charge in [0, 0.05) is 32.0 Å². The summed E-state index contributed by atoms with van der Waals surface area (Å²) in [6, 6.07) is 3.74. The molecule has 0 aliphatic heterocycles. The minimum absolute atomic E-state index is 0.253. The van der Waals surface area contributed by atoms with Gasteiger partial charge in [-0.25, -0.2) is 4.98 Å². The fourth-order valence-corrected chi connectivity index (χ4v) is 1.01. The van der Waals surface area contributed by atoms with Crippen LogP contribution >= 0.6 is 0 Å². The van der Waals surface area contributed by atoms with E-state index in [-0.39, 0.29) is 6.54 Å². The summed E-state index contributed by atoms with van der Waals surface area (Å²) in [5.41, 5.74) is 8.17. The zero-order valence-corrected chi connectivity index (χ0v) is 7.71. The van der Waals surface area contributed by atoms with E-state index in [9.17, 15) is 0 Å². The molecule has 0 bridgehead atoms. The lowest BCUT2D eigenvalue weighted by molar-refractivity contribution is 0.210. The van der Waals surface area contributed by atoms with Gasteiger partial charge in [0.2, 0.25) is 0 Å². The van der Waals surface area contributed by atoms with Crippen LogP contribution in [0.25, 0.3) is 0 Å². The summed E-state index contributed by atoms with van der Waals surface area (Å²) in [4.78, 5) is 4.13. The van der Waals surface area contributed by atoms with E-state index in [0.717, 1.165) is 17.9 Å². The molecule has 0 spiro atoms. The first kappa shape index (κ1) is 9.95. The van der Waals surface area contributed by atoms with Crippen LogP contribution in [0.2, 0.25) is 0 Å². The molecule has 1 aromatic rings. The fraction of sp³-hybridized carbons (Fsp3) is 0.444. The molecule has 4 nitrogen and oxygen atoms in total. The van der Waals surface area contributed by atoms with Crippen LogP contribution in [0.1, 0.15) is 5.56 Å². The quantitative estimate of drug-likeness (QED) is 0.685. The van der Waals surface area contributed by atoms with Gasteiger partial charge in [-0.2, -0.15) is 0 Å². The van der Waals surface area contributed by atoms with Crippen molar-refractivity contribution in [3.8, 4) is 0 Å². The molecule has 0 aliphatic carbocycles. The topological polar surface area (TPSA) is 58.0 Å². The first-order chi connectivity index (χ1) is 6.38. The molecule has 71 valence electrons. The third-order valence-electron chi connectivity index (χ3n) is 1.68. The maximum Gasteiger partial charge on any atom is 0.130 e. The fourth-order valence-electron chi connectivity index (χ4n) is 1.01. The van der Waals surface area contributed by atoms with Crippen LogP contribution in [0, 0.1) is 0 Å². The number of hydrogen-bond acceptors (Lipinski definition) is 3. The second-order valence-electron chi connectivity index (χ2n) is 2.61. The van der Waals surface area contributed by atoms with Crippen molar-refractivity contribution < 1.29 is 4.74 Å². The van der Waals surface area contributed by atoms with Crippen LogP contribution < -0.4 is 11.1 Å². The van der Waals surface area contributed by atoms with Gasteiger partial charge in [-0.1, -0.05) is 6.07 Å². The number of rotatable bonds is 5. The van der Waals surface area contributed by atoms with Crippen molar-refractivity contribution in [2.75, 3.05) is 25.6 Å². The second kappa shape index (κ2) is 5.50. The van der Waals surface area contributed by atoms with Crippen molar-refractivity contribution in [3.05, 3.63) is 23.9 Å². The van der Waals surface area contributed by atoms with Gasteiger partial charge in [0.15, 0.2) is 0 Å². The van der Waals surface area contributed by atoms with E-state index in [1.807, 2.05) is 12.1 Å². The molecule has 1 rings (SSSR count). The van der Waals surface area contributed by atoms with Gasteiger partial charge in [-0.05, 0) is 6.07 Å². The largest absolute Gasteiger partial charge is 0.383 e. The number of anilines is 1. The van der Waals surface area contributed by atoms with E-state index in [1.54, 1.807) is 13.3 Å². The Kier molecular flexibility index (Phi) is 4.21. The molecule has 1 aromatic heterocycles. The number of aromatic nitrogens is 1. The third-order valence-corrected chi connectivity index (χ3v) is 1.68. The highest BCUT2D eigenvalue weighted by Crippen LogP contribution is 2.09. The number of hydrogen-bond donors (Lipinski definition) is 1. The summed E-state index contributed by atoms with van der Waals surface area (Å²) < 4.78 is 4.90. The van der Waals surface area contributed by atoms with Crippen molar-refractivity contribution in [1.29, 1.82) is 0 Å². The van der Waals surface area contributed by atoms with E-state index in [2.05, 4.69) is 10.3 Å². The van der Waals surface area contributed by atoms with Crippen LogP contribution in [0.15, 0.2) is 18.3 Å². The third kappa shape index (κ3) is 3.01. The number of ether oxygens (including phenoxy) is 1. The van der Waals surface area contributed by atoms with E-state index in [1.165, 1.54) is 0 Å². The zero-order chi connectivity index (χ0) is 9.52. The molecule has 0 amide bonds. The lowest BCUT2D eigenvalue weighted by Gasteiger charge is -2.07. The summed E-state index contributed by atoms with van der Waals surface area (Å²) in [6.45, 7) is 1.62. The molecule has 1 heterocycles. The molecular weight excluding hydrogens is 166 g/mol. The standard InChI is InChI=1S/C9H14N3O/c1-13-6-5-12-9-8(7-10)3-2-4-11-9/h2-4,10H,5-7H2,1H3,(H,11,12). The van der Waals surface area contributed by atoms with E-state index in [4.69, 9.17) is 10.5 Å². The highest BCUT2D eigenvalue weighted by atomic mass is 16.5. The zero-order valence-electron chi connectivity index (χ0n) is 7.71. The number of methoxy groups -OCH3 is 1. The minimum atomic E-state index is 0.253. The summed E-state index contributed by atoms with van der Waals surface area (Å²) in [7, 11) is 1.66. The van der Waals surface area contributed by atoms with Gasteiger partial charge in [-0.3, -0.25) is 5.73 Å². The molecule has 0 unspecified atom stereocenters. The van der Waals surface area contributed by atoms with Crippen molar-refractivity contribution in [2.45, 2.75) is 6.54 Å². The smallest absolute Gasteiger partial charge is 0.130 e. The Morgan fingerprint density at radius 1 is 1.62 bits per heavy atom. The van der Waals surface area contributed by atoms with Crippen molar-refractivity contribution in [1.82, 2.24) is 10.7 Å². The summed E-state index contributed by atoms with van der Waals surface area (Å²) >= 11 is 0. The monoisotopic (exact) mass is 180 g/mol. The molecule has 2 N–H and O–H groups in total. The molecule has 13 heavy (non-hydrogen) atoms. The summed E-state index contributed by atoms with van der Waals surface area (Å²) in [6.07, 6.45) is 1.72. The Morgan fingerprint density at radius 2 is 2.46 bits per heavy atom. The number of pyridine rings is 1. The highest BCUT2D eigenvalue weighted by molar-refractivity contribution is 5.43. The van der Waals surface area contributed by atoms with Gasteiger partial charge in [-0.15, -0.1) is 0 Å². The van der Waals surface area contributed by atoms with Crippen LogP contribution in [0.4, 0.5) is 5.82 Å². The lowest BCUT2D eigenvalue weighted by Crippen LogP contribution is -2.10. The van der Waals surface area contributed by atoms with Gasteiger partial charge >= 0.3 is 0 Å². The molecule has 0 aliphatic rings. The Morgan fingerprint density at radius 3 is 3.15 bits per heavy atom. The summed E-state index contributed by atoms with van der Waals surface area (Å²) in [5.74, 6) is 0.787. The second-order valence-corrected chi connectivity index (χ2v) is 2.61. The first-order valence-corrected chi connectivity index (χ1v) is 4.19. The van der Waals surface area contributed by atoms with E-state index < -0.39 is 0 Å². The van der Waals surface area contributed by atoms with Crippen LogP contribution in [-0.4, -0.2) is 25.2 Å². The van der Waals surface area contributed by atoms with Gasteiger partial charge in [0.1, 0.15) is 5.82 Å². The maximum absolute atomic E-state index is 7.25. The van der Waals surface area contributed by atoms with Crippen LogP contribution in [0.5, 0.6) is 0 Å². The van der Waals surface area contributed by atoms with Crippen LogP contribution in [-0.2, 0) is 11.3 Å². The average Bonchev–Trinajstić information content (AvgIpc) is 2.19. The SMILES string of the molecule is COCCNc1ncccc1C[NH]. The molecule has 0 saturated heterocycles. The molecular formula is C9H14N3O. The van der Waals surface area contributed by atoms with Crippen molar-refractivity contribution in [2.24, 2.45) is 0 Å². The predicted molar refractivity (Wildman–Crippen MR) is 51.4 cm³/mol. The lowest BCUT2D eigenvalue weighted by atomic mass is 10.2. The van der Waals surface area contributed by atoms with E-state index >= 15 is 0 Å².